The first kappa shape index (κ1) is 16.3. The van der Waals surface area contributed by atoms with E-state index in [1.54, 1.807) is 0 Å². The molecule has 0 saturated carbocycles. The van der Waals surface area contributed by atoms with Crippen molar-refractivity contribution < 1.29 is 0 Å². The van der Waals surface area contributed by atoms with E-state index < -0.39 is 0 Å². The van der Waals surface area contributed by atoms with Crippen LogP contribution in [0.3, 0.4) is 0 Å². The Balaban J connectivity index is 2.24. The van der Waals surface area contributed by atoms with Gasteiger partial charge in [0.1, 0.15) is 0 Å². The average molecular weight is 310 g/mol. The Morgan fingerprint density at radius 1 is 1.25 bits per heavy atom. The largest absolute Gasteiger partial charge is 0.309 e. The van der Waals surface area contributed by atoms with E-state index in [4.69, 9.17) is 0 Å². The Labute approximate surface area is 132 Å². The molecule has 0 spiro atoms. The highest BCUT2D eigenvalue weighted by Crippen LogP contribution is 2.41. The van der Waals surface area contributed by atoms with Gasteiger partial charge in [0.2, 0.25) is 0 Å². The SMILES string of the molecule is CCNC(c1cc(C)ccc1C)C1CSC(C)C(C)S1. The van der Waals surface area contributed by atoms with Gasteiger partial charge in [0, 0.05) is 27.5 Å². The Kier molecular flexibility index (Phi) is 5.88. The summed E-state index contributed by atoms with van der Waals surface area (Å²) in [6.45, 7) is 12.4. The summed E-state index contributed by atoms with van der Waals surface area (Å²) in [5.41, 5.74) is 4.27. The van der Waals surface area contributed by atoms with Crippen LogP contribution in [0, 0.1) is 13.8 Å². The summed E-state index contributed by atoms with van der Waals surface area (Å²) in [7, 11) is 0. The minimum Gasteiger partial charge on any atom is -0.309 e. The number of aryl methyl sites for hydroxylation is 2. The van der Waals surface area contributed by atoms with Crippen LogP contribution in [0.2, 0.25) is 0 Å². The molecule has 1 aromatic carbocycles. The van der Waals surface area contributed by atoms with E-state index in [0.717, 1.165) is 17.0 Å². The van der Waals surface area contributed by atoms with E-state index in [1.165, 1.54) is 22.4 Å². The molecule has 1 fully saturated rings. The van der Waals surface area contributed by atoms with Crippen molar-refractivity contribution in [2.45, 2.75) is 56.4 Å². The molecule has 0 aromatic heterocycles. The van der Waals surface area contributed by atoms with Crippen molar-refractivity contribution in [3.63, 3.8) is 0 Å². The van der Waals surface area contributed by atoms with Gasteiger partial charge in [-0.05, 0) is 31.5 Å². The smallest absolute Gasteiger partial charge is 0.0451 e. The van der Waals surface area contributed by atoms with Crippen LogP contribution in [0.5, 0.6) is 0 Å². The summed E-state index contributed by atoms with van der Waals surface area (Å²) in [4.78, 5) is 0. The monoisotopic (exact) mass is 309 g/mol. The molecule has 1 aromatic rings. The molecule has 112 valence electrons. The van der Waals surface area contributed by atoms with Crippen LogP contribution < -0.4 is 5.32 Å². The van der Waals surface area contributed by atoms with Gasteiger partial charge in [-0.2, -0.15) is 23.5 Å². The van der Waals surface area contributed by atoms with Crippen LogP contribution >= 0.6 is 23.5 Å². The lowest BCUT2D eigenvalue weighted by Crippen LogP contribution is -2.37. The van der Waals surface area contributed by atoms with Crippen molar-refractivity contribution >= 4 is 23.5 Å². The van der Waals surface area contributed by atoms with E-state index in [2.05, 4.69) is 81.7 Å². The summed E-state index contributed by atoms with van der Waals surface area (Å²) in [6, 6.07) is 7.33. The summed E-state index contributed by atoms with van der Waals surface area (Å²) in [5.74, 6) is 1.25. The molecular formula is C17H27NS2. The van der Waals surface area contributed by atoms with Crippen LogP contribution in [0.1, 0.15) is 43.5 Å². The first-order valence-corrected chi connectivity index (χ1v) is 9.59. The number of benzene rings is 1. The number of thioether (sulfide) groups is 2. The van der Waals surface area contributed by atoms with Gasteiger partial charge in [0.25, 0.3) is 0 Å². The van der Waals surface area contributed by atoms with Crippen LogP contribution in [-0.4, -0.2) is 28.0 Å². The van der Waals surface area contributed by atoms with E-state index >= 15 is 0 Å². The summed E-state index contributed by atoms with van der Waals surface area (Å²) >= 11 is 4.30. The fourth-order valence-corrected chi connectivity index (χ4v) is 5.85. The van der Waals surface area contributed by atoms with Crippen LogP contribution in [0.15, 0.2) is 18.2 Å². The molecule has 1 heterocycles. The third-order valence-electron chi connectivity index (χ3n) is 4.14. The Hall–Kier alpha value is -0.120. The van der Waals surface area contributed by atoms with E-state index in [-0.39, 0.29) is 0 Å². The third-order valence-corrected chi connectivity index (χ3v) is 7.63. The molecule has 0 amide bonds. The minimum absolute atomic E-state index is 0.479. The maximum absolute atomic E-state index is 3.74. The molecule has 0 bridgehead atoms. The summed E-state index contributed by atoms with van der Waals surface area (Å²) in [6.07, 6.45) is 0. The van der Waals surface area contributed by atoms with Gasteiger partial charge in [-0.25, -0.2) is 0 Å². The van der Waals surface area contributed by atoms with Crippen molar-refractivity contribution in [1.29, 1.82) is 0 Å². The standard InChI is InChI=1S/C17H27NS2/c1-6-18-17(15-9-11(2)7-8-12(15)3)16-10-19-13(4)14(5)20-16/h7-9,13-14,16-18H,6,10H2,1-5H3. The number of nitrogens with one attached hydrogen (secondary N) is 1. The van der Waals surface area contributed by atoms with Crippen molar-refractivity contribution in [3.05, 3.63) is 34.9 Å². The van der Waals surface area contributed by atoms with Gasteiger partial charge >= 0.3 is 0 Å². The first-order chi connectivity index (χ1) is 9.52. The lowest BCUT2D eigenvalue weighted by molar-refractivity contribution is 0.545. The van der Waals surface area contributed by atoms with Gasteiger partial charge < -0.3 is 5.32 Å². The second kappa shape index (κ2) is 7.24. The minimum atomic E-state index is 0.479. The molecule has 1 saturated heterocycles. The number of hydrogen-bond donors (Lipinski definition) is 1. The Bertz CT molecular complexity index is 447. The van der Waals surface area contributed by atoms with Gasteiger partial charge in [0.15, 0.2) is 0 Å². The second-order valence-corrected chi connectivity index (χ2v) is 8.84. The molecule has 4 atom stereocenters. The molecule has 1 N–H and O–H groups in total. The van der Waals surface area contributed by atoms with E-state index in [9.17, 15) is 0 Å². The molecule has 0 aliphatic carbocycles. The Morgan fingerprint density at radius 3 is 2.65 bits per heavy atom. The van der Waals surface area contributed by atoms with Crippen molar-refractivity contribution in [2.75, 3.05) is 12.3 Å². The quantitative estimate of drug-likeness (QED) is 0.874. The zero-order valence-electron chi connectivity index (χ0n) is 13.3. The molecule has 20 heavy (non-hydrogen) atoms. The van der Waals surface area contributed by atoms with Crippen LogP contribution in [0.4, 0.5) is 0 Å². The van der Waals surface area contributed by atoms with E-state index in [0.29, 0.717) is 11.3 Å². The fraction of sp³-hybridized carbons (Fsp3) is 0.647. The lowest BCUT2D eigenvalue weighted by Gasteiger charge is -2.37. The third kappa shape index (κ3) is 3.75. The normalized spacial score (nSPS) is 28.4. The topological polar surface area (TPSA) is 12.0 Å². The van der Waals surface area contributed by atoms with Crippen LogP contribution in [0.25, 0.3) is 0 Å². The molecule has 3 heteroatoms. The zero-order valence-corrected chi connectivity index (χ0v) is 14.9. The van der Waals surface area contributed by atoms with Crippen molar-refractivity contribution in [1.82, 2.24) is 5.32 Å². The molecule has 2 rings (SSSR count). The van der Waals surface area contributed by atoms with Gasteiger partial charge in [-0.3, -0.25) is 0 Å². The van der Waals surface area contributed by atoms with Gasteiger partial charge in [0.05, 0.1) is 0 Å². The highest BCUT2D eigenvalue weighted by molar-refractivity contribution is 8.07. The predicted octanol–water partition coefficient (Wildman–Crippen LogP) is 4.58. The highest BCUT2D eigenvalue weighted by Gasteiger charge is 2.32. The second-order valence-electron chi connectivity index (χ2n) is 5.81. The van der Waals surface area contributed by atoms with Crippen molar-refractivity contribution in [2.24, 2.45) is 0 Å². The molecule has 1 nitrogen and oxygen atoms in total. The van der Waals surface area contributed by atoms with Gasteiger partial charge in [-0.15, -0.1) is 0 Å². The van der Waals surface area contributed by atoms with E-state index in [1.807, 2.05) is 0 Å². The maximum atomic E-state index is 3.74. The summed E-state index contributed by atoms with van der Waals surface area (Å²) < 4.78 is 0. The Morgan fingerprint density at radius 2 is 2.00 bits per heavy atom. The average Bonchev–Trinajstić information content (AvgIpc) is 2.42. The number of rotatable bonds is 4. The molecule has 0 radical (unpaired) electrons. The zero-order chi connectivity index (χ0) is 14.7. The lowest BCUT2D eigenvalue weighted by atomic mass is 9.97. The molecule has 1 aliphatic rings. The number of hydrogen-bond acceptors (Lipinski definition) is 3. The highest BCUT2D eigenvalue weighted by atomic mass is 32.2. The van der Waals surface area contributed by atoms with Crippen molar-refractivity contribution in [3.8, 4) is 0 Å². The first-order valence-electron chi connectivity index (χ1n) is 7.60. The maximum Gasteiger partial charge on any atom is 0.0451 e. The van der Waals surface area contributed by atoms with Gasteiger partial charge in [-0.1, -0.05) is 44.5 Å². The summed E-state index contributed by atoms with van der Waals surface area (Å²) in [5, 5.41) is 5.93. The van der Waals surface area contributed by atoms with Crippen LogP contribution in [-0.2, 0) is 0 Å². The molecular weight excluding hydrogens is 282 g/mol. The molecule has 1 aliphatic heterocycles. The molecule has 4 unspecified atom stereocenters. The fourth-order valence-electron chi connectivity index (χ4n) is 2.74. The predicted molar refractivity (Wildman–Crippen MR) is 95.1 cm³/mol.